The van der Waals surface area contributed by atoms with Crippen LogP contribution in [0.1, 0.15) is 5.56 Å². The van der Waals surface area contributed by atoms with Crippen molar-refractivity contribution in [3.63, 3.8) is 0 Å². The first-order valence-electron chi connectivity index (χ1n) is 6.39. The number of hydrogen-bond acceptors (Lipinski definition) is 5. The molecule has 1 aromatic rings. The lowest BCUT2D eigenvalue weighted by atomic mass is 10.1. The Bertz CT molecular complexity index is 592. The van der Waals surface area contributed by atoms with Gasteiger partial charge in [0.15, 0.2) is 0 Å². The van der Waals surface area contributed by atoms with E-state index in [0.29, 0.717) is 31.7 Å². The van der Waals surface area contributed by atoms with Crippen molar-refractivity contribution in [3.05, 3.63) is 23.9 Å². The van der Waals surface area contributed by atoms with Gasteiger partial charge in [-0.15, -0.1) is 0 Å². The van der Waals surface area contributed by atoms with Crippen molar-refractivity contribution in [1.82, 2.24) is 15.2 Å². The monoisotopic (exact) mass is 271 g/mol. The number of hydrogen-bond donors (Lipinski definition) is 1. The molecule has 0 spiro atoms. The summed E-state index contributed by atoms with van der Waals surface area (Å²) in [6.45, 7) is 2.25. The number of piperazine rings is 2. The molecule has 1 aromatic heterocycles. The lowest BCUT2D eigenvalue weighted by molar-refractivity contribution is -0.150. The maximum atomic E-state index is 11.7. The molecule has 20 heavy (non-hydrogen) atoms. The number of rotatable bonds is 1. The lowest BCUT2D eigenvalue weighted by Crippen LogP contribution is -2.65. The number of fused-ring (bicyclic) bond motifs is 1. The third-order valence-corrected chi connectivity index (χ3v) is 3.64. The Balaban J connectivity index is 1.74. The quantitative estimate of drug-likeness (QED) is 0.669. The number of nitriles is 1. The Hall–Kier alpha value is -2.62. The summed E-state index contributed by atoms with van der Waals surface area (Å²) < 4.78 is 0. The third-order valence-electron chi connectivity index (χ3n) is 3.64. The first-order valence-corrected chi connectivity index (χ1v) is 6.39. The van der Waals surface area contributed by atoms with Gasteiger partial charge in [-0.3, -0.25) is 9.59 Å². The minimum atomic E-state index is -0.522. The second kappa shape index (κ2) is 4.81. The predicted molar refractivity (Wildman–Crippen MR) is 69.7 cm³/mol. The van der Waals surface area contributed by atoms with E-state index in [1.165, 1.54) is 6.20 Å². The molecular formula is C13H13N5O2. The van der Waals surface area contributed by atoms with Crippen molar-refractivity contribution in [2.24, 2.45) is 0 Å². The fourth-order valence-corrected chi connectivity index (χ4v) is 2.56. The highest BCUT2D eigenvalue weighted by molar-refractivity contribution is 6.35. The number of carbonyl (C=O) groups is 2. The van der Waals surface area contributed by atoms with E-state index in [4.69, 9.17) is 5.26 Å². The zero-order chi connectivity index (χ0) is 14.1. The minimum Gasteiger partial charge on any atom is -0.353 e. The van der Waals surface area contributed by atoms with Crippen LogP contribution in [0.4, 0.5) is 5.82 Å². The predicted octanol–water partition coefficient (Wildman–Crippen LogP) is -0.900. The number of nitrogens with one attached hydrogen (secondary N) is 1. The van der Waals surface area contributed by atoms with Crippen LogP contribution in [0.25, 0.3) is 0 Å². The van der Waals surface area contributed by atoms with Crippen molar-refractivity contribution in [2.75, 3.05) is 31.1 Å². The van der Waals surface area contributed by atoms with Gasteiger partial charge in [-0.25, -0.2) is 4.98 Å². The molecule has 0 radical (unpaired) electrons. The number of anilines is 1. The average molecular weight is 271 g/mol. The molecular weight excluding hydrogens is 258 g/mol. The molecule has 2 amide bonds. The highest BCUT2D eigenvalue weighted by atomic mass is 16.2. The van der Waals surface area contributed by atoms with Crippen LogP contribution in [-0.4, -0.2) is 53.9 Å². The molecule has 7 nitrogen and oxygen atoms in total. The van der Waals surface area contributed by atoms with Crippen LogP contribution < -0.4 is 10.2 Å². The summed E-state index contributed by atoms with van der Waals surface area (Å²) in [5.41, 5.74) is 0.521. The summed E-state index contributed by atoms with van der Waals surface area (Å²) in [5.74, 6) is -0.187. The van der Waals surface area contributed by atoms with Crippen LogP contribution in [0.2, 0.25) is 0 Å². The van der Waals surface area contributed by atoms with Crippen molar-refractivity contribution in [1.29, 1.82) is 5.26 Å². The van der Waals surface area contributed by atoms with Gasteiger partial charge in [-0.05, 0) is 12.1 Å². The van der Waals surface area contributed by atoms with Crippen molar-refractivity contribution in [3.8, 4) is 6.07 Å². The van der Waals surface area contributed by atoms with Crippen molar-refractivity contribution in [2.45, 2.75) is 6.04 Å². The normalized spacial score (nSPS) is 22.1. The number of pyridine rings is 1. The van der Waals surface area contributed by atoms with Gasteiger partial charge in [0, 0.05) is 32.4 Å². The van der Waals surface area contributed by atoms with Gasteiger partial charge in [0.05, 0.1) is 11.6 Å². The van der Waals surface area contributed by atoms with Crippen molar-refractivity contribution < 1.29 is 9.59 Å². The third kappa shape index (κ3) is 2.05. The molecule has 7 heteroatoms. The first-order chi connectivity index (χ1) is 9.69. The fraction of sp³-hybridized carbons (Fsp3) is 0.385. The second-order valence-electron chi connectivity index (χ2n) is 4.83. The van der Waals surface area contributed by atoms with Gasteiger partial charge >= 0.3 is 11.8 Å². The Morgan fingerprint density at radius 3 is 2.90 bits per heavy atom. The second-order valence-corrected chi connectivity index (χ2v) is 4.83. The molecule has 1 unspecified atom stereocenters. The highest BCUT2D eigenvalue weighted by Gasteiger charge is 2.37. The summed E-state index contributed by atoms with van der Waals surface area (Å²) in [4.78, 5) is 31.0. The molecule has 2 fully saturated rings. The fourth-order valence-electron chi connectivity index (χ4n) is 2.56. The molecule has 1 N–H and O–H groups in total. The van der Waals surface area contributed by atoms with E-state index < -0.39 is 11.8 Å². The SMILES string of the molecule is N#Cc1ccc(N2CCN3C(=O)C(=O)NCC3C2)nc1. The molecule has 1 atom stereocenters. The zero-order valence-corrected chi connectivity index (χ0v) is 10.7. The smallest absolute Gasteiger partial charge is 0.312 e. The summed E-state index contributed by atoms with van der Waals surface area (Å²) in [6.07, 6.45) is 1.54. The van der Waals surface area contributed by atoms with Crippen LogP contribution >= 0.6 is 0 Å². The molecule has 0 bridgehead atoms. The molecule has 0 saturated carbocycles. The summed E-state index contributed by atoms with van der Waals surface area (Å²) >= 11 is 0. The molecule has 0 aromatic carbocycles. The van der Waals surface area contributed by atoms with E-state index >= 15 is 0 Å². The molecule has 2 aliphatic rings. The van der Waals surface area contributed by atoms with E-state index in [1.54, 1.807) is 17.0 Å². The Kier molecular flexibility index (Phi) is 2.99. The number of amides is 2. The first kappa shape index (κ1) is 12.4. The van der Waals surface area contributed by atoms with E-state index in [9.17, 15) is 9.59 Å². The zero-order valence-electron chi connectivity index (χ0n) is 10.7. The summed E-state index contributed by atoms with van der Waals surface area (Å²) in [5, 5.41) is 11.4. The maximum Gasteiger partial charge on any atom is 0.312 e. The van der Waals surface area contributed by atoms with E-state index in [-0.39, 0.29) is 6.04 Å². The summed E-state index contributed by atoms with van der Waals surface area (Å²) in [7, 11) is 0. The largest absolute Gasteiger partial charge is 0.353 e. The minimum absolute atomic E-state index is 0.0219. The Labute approximate surface area is 115 Å². The molecule has 3 rings (SSSR count). The standard InChI is InChI=1S/C13H13N5O2/c14-5-9-1-2-11(15-6-9)17-3-4-18-10(8-17)7-16-12(19)13(18)20/h1-2,6,10H,3-4,7-8H2,(H,16,19). The average Bonchev–Trinajstić information content (AvgIpc) is 2.51. The van der Waals surface area contributed by atoms with Crippen LogP contribution in [0.3, 0.4) is 0 Å². The Morgan fingerprint density at radius 2 is 2.20 bits per heavy atom. The Morgan fingerprint density at radius 1 is 1.35 bits per heavy atom. The van der Waals surface area contributed by atoms with E-state index in [2.05, 4.69) is 15.2 Å². The van der Waals surface area contributed by atoms with E-state index in [0.717, 1.165) is 5.82 Å². The molecule has 0 aliphatic carbocycles. The number of aromatic nitrogens is 1. The van der Waals surface area contributed by atoms with E-state index in [1.807, 2.05) is 6.07 Å². The maximum absolute atomic E-state index is 11.7. The molecule has 102 valence electrons. The highest BCUT2D eigenvalue weighted by Crippen LogP contribution is 2.18. The van der Waals surface area contributed by atoms with Crippen LogP contribution in [0, 0.1) is 11.3 Å². The van der Waals surface area contributed by atoms with Crippen LogP contribution in [0.5, 0.6) is 0 Å². The molecule has 3 heterocycles. The van der Waals surface area contributed by atoms with Crippen molar-refractivity contribution >= 4 is 17.6 Å². The molecule has 2 saturated heterocycles. The van der Waals surface area contributed by atoms with Crippen LogP contribution in [0.15, 0.2) is 18.3 Å². The van der Waals surface area contributed by atoms with Gasteiger partial charge in [-0.2, -0.15) is 5.26 Å². The number of carbonyl (C=O) groups excluding carboxylic acids is 2. The van der Waals surface area contributed by atoms with Gasteiger partial charge in [0.1, 0.15) is 11.9 Å². The van der Waals surface area contributed by atoms with Gasteiger partial charge in [0.2, 0.25) is 0 Å². The lowest BCUT2D eigenvalue weighted by Gasteiger charge is -2.43. The van der Waals surface area contributed by atoms with Crippen LogP contribution in [-0.2, 0) is 9.59 Å². The topological polar surface area (TPSA) is 89.3 Å². The van der Waals surface area contributed by atoms with Gasteiger partial charge in [0.25, 0.3) is 0 Å². The number of nitrogens with zero attached hydrogens (tertiary/aromatic N) is 4. The van der Waals surface area contributed by atoms with Gasteiger partial charge < -0.3 is 15.1 Å². The summed E-state index contributed by atoms with van der Waals surface area (Å²) in [6, 6.07) is 5.54. The molecule has 2 aliphatic heterocycles. The van der Waals surface area contributed by atoms with Gasteiger partial charge in [-0.1, -0.05) is 0 Å².